The molecule has 0 unspecified atom stereocenters. The molecule has 0 heterocycles. The summed E-state index contributed by atoms with van der Waals surface area (Å²) in [5.41, 5.74) is 2.59. The Bertz CT molecular complexity index is 267. The first-order valence-corrected chi connectivity index (χ1v) is 4.59. The van der Waals surface area contributed by atoms with Crippen molar-refractivity contribution in [3.63, 3.8) is 0 Å². The van der Waals surface area contributed by atoms with Crippen LogP contribution < -0.4 is 0 Å². The molecule has 1 heteroatoms. The van der Waals surface area contributed by atoms with Crippen LogP contribution in [0.15, 0.2) is 48.2 Å². The lowest BCUT2D eigenvalue weighted by atomic mass is 10.1. The van der Waals surface area contributed by atoms with Gasteiger partial charge in [0.25, 0.3) is 0 Å². The first kappa shape index (κ1) is 9.85. The molecule has 0 aliphatic heterocycles. The SMILES string of the molecule is C=CC1=C/C/C=C(/N(C)C)C/C=C\1. The van der Waals surface area contributed by atoms with Crippen LogP contribution in [-0.2, 0) is 0 Å². The third-order valence-corrected chi connectivity index (χ3v) is 2.15. The molecule has 0 N–H and O–H groups in total. The molecule has 0 aromatic rings. The largest absolute Gasteiger partial charge is 0.381 e. The zero-order valence-corrected chi connectivity index (χ0v) is 8.46. The lowest BCUT2D eigenvalue weighted by molar-refractivity contribution is 0.499. The predicted octanol–water partition coefficient (Wildman–Crippen LogP) is 2.89. The van der Waals surface area contributed by atoms with Crippen molar-refractivity contribution >= 4 is 0 Å². The van der Waals surface area contributed by atoms with E-state index >= 15 is 0 Å². The number of hydrogen-bond donors (Lipinski definition) is 0. The molecule has 0 saturated carbocycles. The molecular weight excluding hydrogens is 158 g/mol. The Morgan fingerprint density at radius 3 is 2.77 bits per heavy atom. The normalized spacial score (nSPS) is 27.2. The first-order chi connectivity index (χ1) is 6.24. The molecule has 0 aromatic carbocycles. The van der Waals surface area contributed by atoms with E-state index in [9.17, 15) is 0 Å². The van der Waals surface area contributed by atoms with E-state index in [1.807, 2.05) is 6.08 Å². The van der Waals surface area contributed by atoms with Crippen LogP contribution in [0.1, 0.15) is 12.8 Å². The molecule has 13 heavy (non-hydrogen) atoms. The van der Waals surface area contributed by atoms with Gasteiger partial charge in [-0.05, 0) is 12.0 Å². The molecule has 0 bridgehead atoms. The summed E-state index contributed by atoms with van der Waals surface area (Å²) in [5, 5.41) is 0. The van der Waals surface area contributed by atoms with E-state index in [1.165, 1.54) is 11.3 Å². The van der Waals surface area contributed by atoms with Gasteiger partial charge in [-0.1, -0.05) is 37.0 Å². The molecule has 1 nitrogen and oxygen atoms in total. The van der Waals surface area contributed by atoms with E-state index in [1.54, 1.807) is 0 Å². The van der Waals surface area contributed by atoms with E-state index in [2.05, 4.69) is 49.9 Å². The van der Waals surface area contributed by atoms with Crippen molar-refractivity contribution < 1.29 is 0 Å². The summed E-state index contributed by atoms with van der Waals surface area (Å²) in [6, 6.07) is 0. The molecule has 1 aliphatic rings. The van der Waals surface area contributed by atoms with E-state index in [0.717, 1.165) is 12.8 Å². The quantitative estimate of drug-likeness (QED) is 0.623. The third kappa shape index (κ3) is 2.94. The zero-order chi connectivity index (χ0) is 9.68. The average molecular weight is 175 g/mol. The lowest BCUT2D eigenvalue weighted by Gasteiger charge is -2.16. The molecule has 0 amide bonds. The first-order valence-electron chi connectivity index (χ1n) is 4.59. The third-order valence-electron chi connectivity index (χ3n) is 2.15. The Balaban J connectivity index is 2.75. The molecule has 1 rings (SSSR count). The van der Waals surface area contributed by atoms with Crippen LogP contribution in [0.5, 0.6) is 0 Å². The van der Waals surface area contributed by atoms with E-state index in [4.69, 9.17) is 0 Å². The van der Waals surface area contributed by atoms with Gasteiger partial charge in [0.15, 0.2) is 0 Å². The minimum Gasteiger partial charge on any atom is -0.381 e. The molecule has 0 atom stereocenters. The second-order valence-electron chi connectivity index (χ2n) is 3.34. The van der Waals surface area contributed by atoms with Crippen LogP contribution in [-0.4, -0.2) is 19.0 Å². The van der Waals surface area contributed by atoms with Gasteiger partial charge in [0.1, 0.15) is 0 Å². The van der Waals surface area contributed by atoms with Crippen molar-refractivity contribution in [1.82, 2.24) is 4.90 Å². The number of allylic oxidation sites excluding steroid dienone is 6. The summed E-state index contributed by atoms with van der Waals surface area (Å²) >= 11 is 0. The van der Waals surface area contributed by atoms with Gasteiger partial charge < -0.3 is 4.90 Å². The lowest BCUT2D eigenvalue weighted by Crippen LogP contribution is -2.10. The van der Waals surface area contributed by atoms with Gasteiger partial charge in [0, 0.05) is 26.2 Å². The smallest absolute Gasteiger partial charge is 0.0128 e. The molecule has 0 aromatic heterocycles. The minimum atomic E-state index is 0.999. The van der Waals surface area contributed by atoms with Gasteiger partial charge >= 0.3 is 0 Å². The Morgan fingerprint density at radius 1 is 1.38 bits per heavy atom. The highest BCUT2D eigenvalue weighted by Gasteiger charge is 1.98. The van der Waals surface area contributed by atoms with Crippen LogP contribution in [0.2, 0.25) is 0 Å². The van der Waals surface area contributed by atoms with Crippen molar-refractivity contribution in [1.29, 1.82) is 0 Å². The molecule has 0 spiro atoms. The summed E-state index contributed by atoms with van der Waals surface area (Å²) in [4.78, 5) is 2.16. The van der Waals surface area contributed by atoms with Crippen LogP contribution in [0.4, 0.5) is 0 Å². The minimum absolute atomic E-state index is 0.999. The highest BCUT2D eigenvalue weighted by Crippen LogP contribution is 2.13. The van der Waals surface area contributed by atoms with Crippen molar-refractivity contribution in [2.45, 2.75) is 12.8 Å². The Hall–Kier alpha value is -1.24. The molecule has 1 aliphatic carbocycles. The fourth-order valence-corrected chi connectivity index (χ4v) is 1.31. The second kappa shape index (κ2) is 4.70. The fourth-order valence-electron chi connectivity index (χ4n) is 1.31. The average Bonchev–Trinajstić information content (AvgIpc) is 2.03. The standard InChI is InChI=1S/C12H17N/c1-4-11-7-5-9-12(13(2)3)10-6-8-11/h4-5,7-8,10H,1,6,9H2,2-3H3/b7-5-,11-8-,12-10+. The summed E-state index contributed by atoms with van der Waals surface area (Å²) in [5.74, 6) is 0. The Labute approximate surface area is 80.7 Å². The molecule has 0 fully saturated rings. The van der Waals surface area contributed by atoms with Crippen LogP contribution >= 0.6 is 0 Å². The van der Waals surface area contributed by atoms with Gasteiger partial charge in [0.2, 0.25) is 0 Å². The molecule has 0 radical (unpaired) electrons. The van der Waals surface area contributed by atoms with E-state index in [-0.39, 0.29) is 0 Å². The maximum Gasteiger partial charge on any atom is 0.0128 e. The van der Waals surface area contributed by atoms with Crippen molar-refractivity contribution in [3.8, 4) is 0 Å². The fraction of sp³-hybridized carbons (Fsp3) is 0.333. The van der Waals surface area contributed by atoms with Gasteiger partial charge in [-0.15, -0.1) is 0 Å². The van der Waals surface area contributed by atoms with Gasteiger partial charge in [-0.2, -0.15) is 0 Å². The van der Waals surface area contributed by atoms with Crippen LogP contribution in [0, 0.1) is 0 Å². The highest BCUT2D eigenvalue weighted by molar-refractivity contribution is 5.31. The monoisotopic (exact) mass is 175 g/mol. The van der Waals surface area contributed by atoms with Crippen molar-refractivity contribution in [3.05, 3.63) is 48.2 Å². The molecular formula is C12H17N. The maximum absolute atomic E-state index is 3.76. The van der Waals surface area contributed by atoms with Crippen molar-refractivity contribution in [2.75, 3.05) is 14.1 Å². The number of nitrogens with zero attached hydrogens (tertiary/aromatic N) is 1. The summed E-state index contributed by atoms with van der Waals surface area (Å²) in [7, 11) is 4.17. The van der Waals surface area contributed by atoms with Gasteiger partial charge in [-0.3, -0.25) is 0 Å². The van der Waals surface area contributed by atoms with Crippen LogP contribution in [0.3, 0.4) is 0 Å². The van der Waals surface area contributed by atoms with Gasteiger partial charge in [0.05, 0.1) is 0 Å². The maximum atomic E-state index is 3.76. The molecule has 70 valence electrons. The Morgan fingerprint density at radius 2 is 2.15 bits per heavy atom. The number of hydrogen-bond acceptors (Lipinski definition) is 1. The predicted molar refractivity (Wildman–Crippen MR) is 58.4 cm³/mol. The summed E-state index contributed by atoms with van der Waals surface area (Å²) in [6.45, 7) is 3.76. The van der Waals surface area contributed by atoms with E-state index < -0.39 is 0 Å². The van der Waals surface area contributed by atoms with Crippen molar-refractivity contribution in [2.24, 2.45) is 0 Å². The van der Waals surface area contributed by atoms with Crippen LogP contribution in [0.25, 0.3) is 0 Å². The van der Waals surface area contributed by atoms with Gasteiger partial charge in [-0.25, -0.2) is 0 Å². The Kier molecular flexibility index (Phi) is 3.56. The topological polar surface area (TPSA) is 3.24 Å². The second-order valence-corrected chi connectivity index (χ2v) is 3.34. The van der Waals surface area contributed by atoms with E-state index in [0.29, 0.717) is 0 Å². The molecule has 0 saturated heterocycles. The highest BCUT2D eigenvalue weighted by atomic mass is 15.1. The zero-order valence-electron chi connectivity index (χ0n) is 8.46. The summed E-state index contributed by atoms with van der Waals surface area (Å²) < 4.78 is 0. The number of rotatable bonds is 2. The summed E-state index contributed by atoms with van der Waals surface area (Å²) in [6.07, 6.45) is 12.7.